The zero-order valence-electron chi connectivity index (χ0n) is 16.7. The Morgan fingerprint density at radius 1 is 1.07 bits per heavy atom. The van der Waals surface area contributed by atoms with Crippen LogP contribution in [0.4, 0.5) is 13.2 Å². The predicted octanol–water partition coefficient (Wildman–Crippen LogP) is 3.39. The Kier molecular flexibility index (Phi) is 7.14. The summed E-state index contributed by atoms with van der Waals surface area (Å²) in [4.78, 5) is 6.27. The van der Waals surface area contributed by atoms with Crippen LogP contribution in [0.15, 0.2) is 28.8 Å². The number of benzene rings is 1. The van der Waals surface area contributed by atoms with Crippen LogP contribution in [0.2, 0.25) is 0 Å². The molecule has 3 rings (SSSR count). The van der Waals surface area contributed by atoms with Gasteiger partial charge in [-0.3, -0.25) is 4.90 Å². The Bertz CT molecular complexity index is 921. The van der Waals surface area contributed by atoms with Crippen molar-refractivity contribution >= 4 is 10.0 Å². The molecule has 0 amide bonds. The largest absolute Gasteiger partial charge is 0.416 e. The van der Waals surface area contributed by atoms with Crippen LogP contribution >= 0.6 is 0 Å². The number of halogens is 3. The third-order valence-corrected chi connectivity index (χ3v) is 6.98. The van der Waals surface area contributed by atoms with Crippen molar-refractivity contribution in [2.75, 3.05) is 31.9 Å². The van der Waals surface area contributed by atoms with E-state index in [1.807, 2.05) is 11.8 Å². The number of alkyl halides is 3. The van der Waals surface area contributed by atoms with E-state index in [1.165, 1.54) is 16.4 Å². The van der Waals surface area contributed by atoms with Gasteiger partial charge in [-0.2, -0.15) is 22.5 Å². The van der Waals surface area contributed by atoms with Crippen molar-refractivity contribution in [3.63, 3.8) is 0 Å². The van der Waals surface area contributed by atoms with Gasteiger partial charge in [-0.1, -0.05) is 37.1 Å². The summed E-state index contributed by atoms with van der Waals surface area (Å²) in [6, 6.07) is 4.57. The summed E-state index contributed by atoms with van der Waals surface area (Å²) in [5.74, 6) is 0.737. The first-order valence-electron chi connectivity index (χ1n) is 9.89. The van der Waals surface area contributed by atoms with Crippen LogP contribution in [0.25, 0.3) is 11.4 Å². The predicted molar refractivity (Wildman–Crippen MR) is 105 cm³/mol. The monoisotopic (exact) mass is 446 g/mol. The minimum atomic E-state index is -4.40. The van der Waals surface area contributed by atoms with E-state index in [-0.39, 0.29) is 11.6 Å². The molecule has 0 N–H and O–H groups in total. The van der Waals surface area contributed by atoms with E-state index in [1.54, 1.807) is 0 Å². The second kappa shape index (κ2) is 9.44. The summed E-state index contributed by atoms with van der Waals surface area (Å²) in [7, 11) is -3.22. The second-order valence-electron chi connectivity index (χ2n) is 7.29. The van der Waals surface area contributed by atoms with Crippen LogP contribution in [0.3, 0.4) is 0 Å². The maximum atomic E-state index is 12.7. The standard InChI is InChI=1S/C19H25F3N4O3S/c1-2-3-4-13-30(27,28)26-11-9-25(10-12-26)14-17-23-18(24-29-17)15-5-7-16(8-6-15)19(20,21)22/h5-8H,2-4,9-14H2,1H3. The van der Waals surface area contributed by atoms with Gasteiger partial charge in [-0.25, -0.2) is 8.42 Å². The van der Waals surface area contributed by atoms with Crippen LogP contribution in [0.5, 0.6) is 0 Å². The molecule has 0 atom stereocenters. The Hall–Kier alpha value is -1.98. The molecule has 1 aliphatic rings. The molecule has 1 aromatic heterocycles. The summed E-state index contributed by atoms with van der Waals surface area (Å²) in [5, 5.41) is 3.84. The lowest BCUT2D eigenvalue weighted by molar-refractivity contribution is -0.137. The van der Waals surface area contributed by atoms with E-state index >= 15 is 0 Å². The number of aromatic nitrogens is 2. The quantitative estimate of drug-likeness (QED) is 0.579. The fourth-order valence-corrected chi connectivity index (χ4v) is 4.81. The number of nitrogens with zero attached hydrogens (tertiary/aromatic N) is 4. The molecule has 0 saturated carbocycles. The smallest absolute Gasteiger partial charge is 0.338 e. The lowest BCUT2D eigenvalue weighted by Gasteiger charge is -2.33. The molecule has 2 heterocycles. The highest BCUT2D eigenvalue weighted by Gasteiger charge is 2.30. The summed E-state index contributed by atoms with van der Waals surface area (Å²) in [6.45, 7) is 4.31. The first-order valence-corrected chi connectivity index (χ1v) is 11.5. The molecule has 7 nitrogen and oxygen atoms in total. The van der Waals surface area contributed by atoms with Crippen LogP contribution in [0.1, 0.15) is 37.6 Å². The number of rotatable bonds is 8. The van der Waals surface area contributed by atoms with Crippen molar-refractivity contribution in [1.82, 2.24) is 19.3 Å². The van der Waals surface area contributed by atoms with Gasteiger partial charge in [0, 0.05) is 31.7 Å². The highest BCUT2D eigenvalue weighted by atomic mass is 32.2. The maximum Gasteiger partial charge on any atom is 0.416 e. The van der Waals surface area contributed by atoms with Crippen LogP contribution in [-0.4, -0.2) is 59.7 Å². The Morgan fingerprint density at radius 3 is 2.33 bits per heavy atom. The fourth-order valence-electron chi connectivity index (χ4n) is 3.27. The Balaban J connectivity index is 1.54. The van der Waals surface area contributed by atoms with Gasteiger partial charge in [-0.15, -0.1) is 0 Å². The van der Waals surface area contributed by atoms with Crippen molar-refractivity contribution in [3.05, 3.63) is 35.7 Å². The van der Waals surface area contributed by atoms with Crippen molar-refractivity contribution < 1.29 is 26.1 Å². The molecular formula is C19H25F3N4O3S. The summed E-state index contributed by atoms with van der Waals surface area (Å²) in [5.41, 5.74) is -0.307. The van der Waals surface area contributed by atoms with Crippen molar-refractivity contribution in [2.24, 2.45) is 0 Å². The molecule has 1 saturated heterocycles. The molecule has 0 bridgehead atoms. The molecule has 0 radical (unpaired) electrons. The highest BCUT2D eigenvalue weighted by molar-refractivity contribution is 7.89. The van der Waals surface area contributed by atoms with E-state index in [0.717, 1.165) is 25.0 Å². The minimum Gasteiger partial charge on any atom is -0.338 e. The lowest BCUT2D eigenvalue weighted by atomic mass is 10.1. The maximum absolute atomic E-state index is 12.7. The molecule has 2 aromatic rings. The topological polar surface area (TPSA) is 79.5 Å². The number of sulfonamides is 1. The molecule has 1 fully saturated rings. The van der Waals surface area contributed by atoms with E-state index in [4.69, 9.17) is 4.52 Å². The number of piperazine rings is 1. The molecule has 11 heteroatoms. The zero-order chi connectivity index (χ0) is 21.8. The number of hydrogen-bond acceptors (Lipinski definition) is 6. The molecule has 1 aliphatic heterocycles. The van der Waals surface area contributed by atoms with Gasteiger partial charge in [0.05, 0.1) is 17.9 Å². The SMILES string of the molecule is CCCCCS(=O)(=O)N1CCN(Cc2nc(-c3ccc(C(F)(F)F)cc3)no2)CC1. The lowest BCUT2D eigenvalue weighted by Crippen LogP contribution is -2.48. The fraction of sp³-hybridized carbons (Fsp3) is 0.579. The average Bonchev–Trinajstić information content (AvgIpc) is 3.16. The van der Waals surface area contributed by atoms with Gasteiger partial charge >= 0.3 is 6.18 Å². The molecule has 1 aromatic carbocycles. The summed E-state index contributed by atoms with van der Waals surface area (Å²) < 4.78 is 69.5. The summed E-state index contributed by atoms with van der Waals surface area (Å²) in [6.07, 6.45) is -1.85. The van der Waals surface area contributed by atoms with Crippen LogP contribution in [0, 0.1) is 0 Å². The number of unbranched alkanes of at least 4 members (excludes halogenated alkanes) is 2. The van der Waals surface area contributed by atoms with Crippen LogP contribution < -0.4 is 0 Å². The zero-order valence-corrected chi connectivity index (χ0v) is 17.5. The van der Waals surface area contributed by atoms with Crippen molar-refractivity contribution in [1.29, 1.82) is 0 Å². The third-order valence-electron chi connectivity index (χ3n) is 5.03. The van der Waals surface area contributed by atoms with E-state index < -0.39 is 21.8 Å². The number of hydrogen-bond donors (Lipinski definition) is 0. The first-order chi connectivity index (χ1) is 14.2. The molecule has 166 valence electrons. The molecule has 30 heavy (non-hydrogen) atoms. The molecule has 0 spiro atoms. The second-order valence-corrected chi connectivity index (χ2v) is 9.37. The van der Waals surface area contributed by atoms with Gasteiger partial charge < -0.3 is 4.52 Å². The highest BCUT2D eigenvalue weighted by Crippen LogP contribution is 2.30. The van der Waals surface area contributed by atoms with Crippen molar-refractivity contribution in [3.8, 4) is 11.4 Å². The average molecular weight is 446 g/mol. The van der Waals surface area contributed by atoms with E-state index in [9.17, 15) is 21.6 Å². The summed E-state index contributed by atoms with van der Waals surface area (Å²) >= 11 is 0. The molecule has 0 unspecified atom stereocenters. The van der Waals surface area contributed by atoms with Gasteiger partial charge in [-0.05, 0) is 18.6 Å². The minimum absolute atomic E-state index is 0.182. The van der Waals surface area contributed by atoms with Gasteiger partial charge in [0.2, 0.25) is 21.7 Å². The Labute approximate surface area is 173 Å². The molecule has 0 aliphatic carbocycles. The van der Waals surface area contributed by atoms with Gasteiger partial charge in [0.15, 0.2) is 0 Å². The normalized spacial score (nSPS) is 16.8. The van der Waals surface area contributed by atoms with E-state index in [2.05, 4.69) is 10.1 Å². The third kappa shape index (κ3) is 5.79. The Morgan fingerprint density at radius 2 is 1.73 bits per heavy atom. The molecular weight excluding hydrogens is 421 g/mol. The van der Waals surface area contributed by atoms with Crippen molar-refractivity contribution in [2.45, 2.75) is 38.9 Å². The van der Waals surface area contributed by atoms with Gasteiger partial charge in [0.1, 0.15) is 0 Å². The van der Waals surface area contributed by atoms with Crippen LogP contribution in [-0.2, 0) is 22.7 Å². The first kappa shape index (κ1) is 22.7. The van der Waals surface area contributed by atoms with Gasteiger partial charge in [0.25, 0.3) is 0 Å². The van der Waals surface area contributed by atoms with E-state index in [0.29, 0.717) is 50.6 Å².